The molecule has 0 saturated carbocycles. The van der Waals surface area contributed by atoms with Gasteiger partial charge >= 0.3 is 5.97 Å². The molecule has 0 aromatic heterocycles. The van der Waals surface area contributed by atoms with Crippen LogP contribution < -0.4 is 4.74 Å². The first-order chi connectivity index (χ1) is 11.3. The van der Waals surface area contributed by atoms with Crippen LogP contribution in [0, 0.1) is 17.5 Å². The third-order valence-corrected chi connectivity index (χ3v) is 3.91. The van der Waals surface area contributed by atoms with Crippen LogP contribution in [-0.4, -0.2) is 16.9 Å². The Morgan fingerprint density at radius 1 is 1.21 bits per heavy atom. The van der Waals surface area contributed by atoms with Gasteiger partial charge in [-0.05, 0) is 36.8 Å². The second-order valence-electron chi connectivity index (χ2n) is 5.46. The molecule has 1 unspecified atom stereocenters. The molecule has 1 atom stereocenters. The standard InChI is InChI=1S/C17H11F3O4/c1-7(21)9-2-3-13-15(17(9)23)10(6-14(22)24-13)8-4-11(18)16(20)12(19)5-8/h2-5,10,23H,6H2,1H3. The van der Waals surface area contributed by atoms with E-state index in [-0.39, 0.29) is 28.9 Å². The fraction of sp³-hybridized carbons (Fsp3) is 0.176. The van der Waals surface area contributed by atoms with Crippen molar-refractivity contribution in [1.82, 2.24) is 0 Å². The number of esters is 1. The molecule has 2 aromatic rings. The van der Waals surface area contributed by atoms with Crippen LogP contribution in [0.15, 0.2) is 24.3 Å². The molecular formula is C17H11F3O4. The van der Waals surface area contributed by atoms with Crippen molar-refractivity contribution < 1.29 is 32.6 Å². The molecule has 124 valence electrons. The zero-order valence-electron chi connectivity index (χ0n) is 12.4. The fourth-order valence-corrected chi connectivity index (χ4v) is 2.79. The normalized spacial score (nSPS) is 16.5. The molecule has 1 N–H and O–H groups in total. The van der Waals surface area contributed by atoms with Crippen molar-refractivity contribution in [3.8, 4) is 11.5 Å². The van der Waals surface area contributed by atoms with Crippen LogP contribution in [0.1, 0.15) is 40.7 Å². The second-order valence-corrected chi connectivity index (χ2v) is 5.46. The van der Waals surface area contributed by atoms with E-state index < -0.39 is 40.9 Å². The molecule has 0 saturated heterocycles. The van der Waals surface area contributed by atoms with Gasteiger partial charge in [0.15, 0.2) is 23.2 Å². The number of rotatable bonds is 2. The Kier molecular flexibility index (Phi) is 3.79. The molecule has 4 nitrogen and oxygen atoms in total. The lowest BCUT2D eigenvalue weighted by Gasteiger charge is -2.26. The smallest absolute Gasteiger partial charge is 0.312 e. The lowest BCUT2D eigenvalue weighted by Crippen LogP contribution is -2.22. The molecule has 0 radical (unpaired) electrons. The van der Waals surface area contributed by atoms with Crippen LogP contribution in [0.2, 0.25) is 0 Å². The maximum Gasteiger partial charge on any atom is 0.312 e. The number of hydrogen-bond donors (Lipinski definition) is 1. The number of halogens is 3. The van der Waals surface area contributed by atoms with Crippen LogP contribution >= 0.6 is 0 Å². The Bertz CT molecular complexity index is 853. The number of aromatic hydroxyl groups is 1. The lowest BCUT2D eigenvalue weighted by atomic mass is 9.84. The third kappa shape index (κ3) is 2.51. The zero-order chi connectivity index (χ0) is 17.6. The molecule has 0 amide bonds. The van der Waals surface area contributed by atoms with Gasteiger partial charge in [-0.3, -0.25) is 9.59 Å². The van der Waals surface area contributed by atoms with Gasteiger partial charge in [0.2, 0.25) is 0 Å². The van der Waals surface area contributed by atoms with Gasteiger partial charge in [0, 0.05) is 11.5 Å². The minimum atomic E-state index is -1.63. The number of carbonyl (C=O) groups is 2. The quantitative estimate of drug-likeness (QED) is 0.395. The highest BCUT2D eigenvalue weighted by atomic mass is 19.2. The molecule has 0 spiro atoms. The average Bonchev–Trinajstić information content (AvgIpc) is 2.51. The highest BCUT2D eigenvalue weighted by Gasteiger charge is 2.33. The van der Waals surface area contributed by atoms with E-state index in [0.717, 1.165) is 12.1 Å². The first-order valence-corrected chi connectivity index (χ1v) is 7.01. The highest BCUT2D eigenvalue weighted by Crippen LogP contribution is 2.45. The number of ketones is 1. The molecule has 1 aliphatic rings. The molecule has 0 aliphatic carbocycles. The minimum Gasteiger partial charge on any atom is -0.507 e. The summed E-state index contributed by atoms with van der Waals surface area (Å²) in [5, 5.41) is 10.3. The molecule has 3 rings (SSSR count). The number of carbonyl (C=O) groups excluding carboxylic acids is 2. The Labute approximate surface area is 134 Å². The summed E-state index contributed by atoms with van der Waals surface area (Å²) in [6.45, 7) is 1.24. The maximum atomic E-state index is 13.5. The number of benzene rings is 2. The van der Waals surface area contributed by atoms with Crippen LogP contribution in [0.4, 0.5) is 13.2 Å². The Morgan fingerprint density at radius 2 is 1.83 bits per heavy atom. The number of phenols is 1. The topological polar surface area (TPSA) is 63.6 Å². The van der Waals surface area contributed by atoms with Crippen LogP contribution in [-0.2, 0) is 4.79 Å². The largest absolute Gasteiger partial charge is 0.507 e. The van der Waals surface area contributed by atoms with Crippen molar-refractivity contribution >= 4 is 11.8 Å². The molecule has 1 aliphatic heterocycles. The molecule has 1 heterocycles. The summed E-state index contributed by atoms with van der Waals surface area (Å²) >= 11 is 0. The molecule has 7 heteroatoms. The summed E-state index contributed by atoms with van der Waals surface area (Å²) in [7, 11) is 0. The average molecular weight is 336 g/mol. The summed E-state index contributed by atoms with van der Waals surface area (Å²) in [6.07, 6.45) is -0.313. The number of phenolic OH excluding ortho intramolecular Hbond substituents is 1. The molecule has 0 bridgehead atoms. The molecule has 0 fully saturated rings. The Morgan fingerprint density at radius 3 is 2.42 bits per heavy atom. The second kappa shape index (κ2) is 5.67. The zero-order valence-corrected chi connectivity index (χ0v) is 12.4. The number of Topliss-reactive ketones (excluding diaryl/α,β-unsaturated/α-hetero) is 1. The van der Waals surface area contributed by atoms with E-state index in [1.165, 1.54) is 19.1 Å². The van der Waals surface area contributed by atoms with Crippen LogP contribution in [0.25, 0.3) is 0 Å². The summed E-state index contributed by atoms with van der Waals surface area (Å²) in [4.78, 5) is 23.3. The van der Waals surface area contributed by atoms with E-state index >= 15 is 0 Å². The van der Waals surface area contributed by atoms with E-state index in [1.54, 1.807) is 0 Å². The first-order valence-electron chi connectivity index (χ1n) is 7.01. The van der Waals surface area contributed by atoms with E-state index in [0.29, 0.717) is 0 Å². The van der Waals surface area contributed by atoms with Gasteiger partial charge < -0.3 is 9.84 Å². The molecule has 24 heavy (non-hydrogen) atoms. The van der Waals surface area contributed by atoms with Gasteiger partial charge in [0.1, 0.15) is 11.5 Å². The SMILES string of the molecule is CC(=O)c1ccc2c(c1O)C(c1cc(F)c(F)c(F)c1)CC(=O)O2. The summed E-state index contributed by atoms with van der Waals surface area (Å²) < 4.78 is 45.2. The van der Waals surface area contributed by atoms with Gasteiger partial charge in [0.05, 0.1) is 12.0 Å². The minimum absolute atomic E-state index is 0.0103. The lowest BCUT2D eigenvalue weighted by molar-refractivity contribution is -0.135. The molecular weight excluding hydrogens is 325 g/mol. The van der Waals surface area contributed by atoms with Crippen LogP contribution in [0.3, 0.4) is 0 Å². The van der Waals surface area contributed by atoms with Gasteiger partial charge in [-0.1, -0.05) is 0 Å². The van der Waals surface area contributed by atoms with Crippen molar-refractivity contribution in [3.63, 3.8) is 0 Å². The predicted molar refractivity (Wildman–Crippen MR) is 76.5 cm³/mol. The van der Waals surface area contributed by atoms with Gasteiger partial charge in [-0.2, -0.15) is 0 Å². The van der Waals surface area contributed by atoms with E-state index in [9.17, 15) is 27.9 Å². The van der Waals surface area contributed by atoms with Gasteiger partial charge in [-0.15, -0.1) is 0 Å². The van der Waals surface area contributed by atoms with Gasteiger partial charge in [0.25, 0.3) is 0 Å². The third-order valence-electron chi connectivity index (χ3n) is 3.91. The Hall–Kier alpha value is -2.83. The Balaban J connectivity index is 2.23. The number of hydrogen-bond acceptors (Lipinski definition) is 4. The summed E-state index contributed by atoms with van der Waals surface area (Å²) in [6, 6.07) is 4.13. The van der Waals surface area contributed by atoms with E-state index in [4.69, 9.17) is 4.74 Å². The van der Waals surface area contributed by atoms with E-state index in [1.807, 2.05) is 0 Å². The van der Waals surface area contributed by atoms with Crippen molar-refractivity contribution in [2.45, 2.75) is 19.3 Å². The summed E-state index contributed by atoms with van der Waals surface area (Å²) in [5.74, 6) is -6.95. The predicted octanol–water partition coefficient (Wildman–Crippen LogP) is 3.45. The van der Waals surface area contributed by atoms with Crippen molar-refractivity contribution in [2.75, 3.05) is 0 Å². The van der Waals surface area contributed by atoms with Gasteiger partial charge in [-0.25, -0.2) is 13.2 Å². The monoisotopic (exact) mass is 336 g/mol. The highest BCUT2D eigenvalue weighted by molar-refractivity contribution is 5.98. The maximum absolute atomic E-state index is 13.5. The van der Waals surface area contributed by atoms with Crippen LogP contribution in [0.5, 0.6) is 11.5 Å². The van der Waals surface area contributed by atoms with Crippen molar-refractivity contribution in [1.29, 1.82) is 0 Å². The van der Waals surface area contributed by atoms with E-state index in [2.05, 4.69) is 0 Å². The fourth-order valence-electron chi connectivity index (χ4n) is 2.79. The van der Waals surface area contributed by atoms with Crippen molar-refractivity contribution in [2.24, 2.45) is 0 Å². The van der Waals surface area contributed by atoms with Crippen molar-refractivity contribution in [3.05, 3.63) is 58.4 Å². The number of ether oxygens (including phenoxy) is 1. The number of fused-ring (bicyclic) bond motifs is 1. The molecule has 2 aromatic carbocycles. The first kappa shape index (κ1) is 16.0. The summed E-state index contributed by atoms with van der Waals surface area (Å²) in [5.41, 5.74) is 0.00719.